The van der Waals surface area contributed by atoms with E-state index in [0.29, 0.717) is 0 Å². The first kappa shape index (κ1) is 15.6. The fourth-order valence-electron chi connectivity index (χ4n) is 1.95. The largest absolute Gasteiger partial charge is 0.0843 e. The number of hydrogen-bond donors (Lipinski definition) is 0. The van der Waals surface area contributed by atoms with Gasteiger partial charge in [0.15, 0.2) is 0 Å². The van der Waals surface area contributed by atoms with Crippen LogP contribution < -0.4 is 0 Å². The number of rotatable bonds is 2. The minimum atomic E-state index is 0.108. The first-order valence-corrected chi connectivity index (χ1v) is 8.63. The van der Waals surface area contributed by atoms with Crippen molar-refractivity contribution in [1.29, 1.82) is 0 Å². The molecule has 0 aromatic heterocycles. The second-order valence-electron chi connectivity index (χ2n) is 4.55. The summed E-state index contributed by atoms with van der Waals surface area (Å²) in [6.45, 7) is 4.13. The van der Waals surface area contributed by atoms with Gasteiger partial charge >= 0.3 is 0 Å². The van der Waals surface area contributed by atoms with Crippen LogP contribution in [0.15, 0.2) is 39.3 Å². The molecule has 0 nitrogen and oxygen atoms in total. The van der Waals surface area contributed by atoms with Gasteiger partial charge in [0.1, 0.15) is 0 Å². The Bertz CT molecular complexity index is 603. The summed E-state index contributed by atoms with van der Waals surface area (Å²) in [7, 11) is 0. The molecule has 2 rings (SSSR count). The van der Waals surface area contributed by atoms with Crippen molar-refractivity contribution in [2.45, 2.75) is 18.7 Å². The second kappa shape index (κ2) is 6.30. The van der Waals surface area contributed by atoms with Crippen molar-refractivity contribution in [2.24, 2.45) is 0 Å². The Labute approximate surface area is 143 Å². The highest BCUT2D eigenvalue weighted by Gasteiger charge is 2.16. The Morgan fingerprint density at radius 3 is 2.26 bits per heavy atom. The van der Waals surface area contributed by atoms with Crippen molar-refractivity contribution in [2.75, 3.05) is 0 Å². The van der Waals surface area contributed by atoms with Crippen LogP contribution in [0.5, 0.6) is 0 Å². The lowest BCUT2D eigenvalue weighted by molar-refractivity contribution is 1.14. The summed E-state index contributed by atoms with van der Waals surface area (Å²) in [5.74, 6) is 0. The van der Waals surface area contributed by atoms with E-state index in [2.05, 4.69) is 79.8 Å². The Balaban J connectivity index is 2.49. The molecule has 0 aliphatic rings. The van der Waals surface area contributed by atoms with Crippen LogP contribution in [0.25, 0.3) is 0 Å². The predicted molar refractivity (Wildman–Crippen MR) is 93.5 cm³/mol. The number of halogens is 4. The first-order valence-electron chi connectivity index (χ1n) is 5.75. The van der Waals surface area contributed by atoms with Gasteiger partial charge in [0.2, 0.25) is 0 Å². The van der Waals surface area contributed by atoms with E-state index in [1.165, 1.54) is 11.1 Å². The van der Waals surface area contributed by atoms with E-state index in [4.69, 9.17) is 11.6 Å². The van der Waals surface area contributed by atoms with E-state index in [1.807, 2.05) is 12.1 Å². The number of benzene rings is 2. The zero-order valence-electron chi connectivity index (χ0n) is 10.5. The van der Waals surface area contributed by atoms with E-state index in [9.17, 15) is 0 Å². The van der Waals surface area contributed by atoms with Crippen molar-refractivity contribution >= 4 is 59.4 Å². The number of hydrogen-bond acceptors (Lipinski definition) is 0. The first-order chi connectivity index (χ1) is 8.88. The second-order valence-corrected chi connectivity index (χ2v) is 7.61. The molecule has 0 amide bonds. The molecular formula is C15H12Br3Cl. The Morgan fingerprint density at radius 2 is 1.63 bits per heavy atom. The van der Waals surface area contributed by atoms with E-state index >= 15 is 0 Å². The van der Waals surface area contributed by atoms with Gasteiger partial charge in [-0.3, -0.25) is 0 Å². The zero-order valence-corrected chi connectivity index (χ0v) is 16.0. The van der Waals surface area contributed by atoms with Crippen LogP contribution in [0.4, 0.5) is 0 Å². The molecule has 0 saturated carbocycles. The molecule has 1 atom stereocenters. The molecule has 4 heteroatoms. The summed E-state index contributed by atoms with van der Waals surface area (Å²) in [6, 6.07) is 10.4. The lowest BCUT2D eigenvalue weighted by Gasteiger charge is -2.15. The van der Waals surface area contributed by atoms with Gasteiger partial charge in [-0.15, -0.1) is 0 Å². The van der Waals surface area contributed by atoms with Gasteiger partial charge in [-0.1, -0.05) is 65.5 Å². The fourth-order valence-corrected chi connectivity index (χ4v) is 4.24. The van der Waals surface area contributed by atoms with Gasteiger partial charge in [0, 0.05) is 14.0 Å². The lowest BCUT2D eigenvalue weighted by Crippen LogP contribution is -1.96. The molecule has 19 heavy (non-hydrogen) atoms. The van der Waals surface area contributed by atoms with Crippen molar-refractivity contribution in [3.05, 3.63) is 66.6 Å². The molecule has 0 saturated heterocycles. The average Bonchev–Trinajstić information content (AvgIpc) is 2.31. The molecule has 2 aromatic rings. The maximum atomic E-state index is 6.14. The minimum Gasteiger partial charge on any atom is -0.0843 e. The van der Waals surface area contributed by atoms with Crippen LogP contribution >= 0.6 is 59.4 Å². The van der Waals surface area contributed by atoms with Gasteiger partial charge < -0.3 is 0 Å². The molecule has 1 unspecified atom stereocenters. The molecule has 0 bridgehead atoms. The van der Waals surface area contributed by atoms with E-state index in [-0.39, 0.29) is 4.83 Å². The molecular weight excluding hydrogens is 455 g/mol. The summed E-state index contributed by atoms with van der Waals surface area (Å²) in [5.41, 5.74) is 4.70. The smallest absolute Gasteiger partial charge is 0.0656 e. The van der Waals surface area contributed by atoms with E-state index in [1.54, 1.807) is 0 Å². The molecule has 0 aliphatic heterocycles. The third-order valence-corrected chi connectivity index (χ3v) is 5.69. The van der Waals surface area contributed by atoms with Crippen LogP contribution in [0.1, 0.15) is 27.1 Å². The van der Waals surface area contributed by atoms with Crippen molar-refractivity contribution in [3.63, 3.8) is 0 Å². The summed E-state index contributed by atoms with van der Waals surface area (Å²) in [4.78, 5) is 0.108. The maximum absolute atomic E-state index is 6.14. The van der Waals surface area contributed by atoms with Gasteiger partial charge in [-0.2, -0.15) is 0 Å². The monoisotopic (exact) mass is 464 g/mol. The van der Waals surface area contributed by atoms with Crippen LogP contribution in [0, 0.1) is 13.8 Å². The topological polar surface area (TPSA) is 0 Å². The Kier molecular flexibility index (Phi) is 5.15. The van der Waals surface area contributed by atoms with Gasteiger partial charge in [0.05, 0.1) is 4.83 Å². The molecule has 0 fully saturated rings. The third kappa shape index (κ3) is 3.63. The third-order valence-electron chi connectivity index (χ3n) is 2.91. The Morgan fingerprint density at radius 1 is 0.947 bits per heavy atom. The fraction of sp³-hybridized carbons (Fsp3) is 0.200. The average molecular weight is 467 g/mol. The Hall–Kier alpha value is 0.170. The van der Waals surface area contributed by atoms with Crippen molar-refractivity contribution < 1.29 is 0 Å². The standard InChI is InChI=1S/C15H12Br3Cl/c1-8-3-10(6-11(19)4-8)15(18)12-7-13(16)9(2)5-14(12)17/h3-7,15H,1-2H3. The molecule has 0 aliphatic carbocycles. The number of alkyl halides is 1. The maximum Gasteiger partial charge on any atom is 0.0656 e. The molecule has 0 N–H and O–H groups in total. The van der Waals surface area contributed by atoms with E-state index in [0.717, 1.165) is 25.1 Å². The van der Waals surface area contributed by atoms with Crippen LogP contribution in [-0.2, 0) is 0 Å². The lowest BCUT2D eigenvalue weighted by atomic mass is 10.0. The summed E-state index contributed by atoms with van der Waals surface area (Å²) < 4.78 is 2.20. The minimum absolute atomic E-state index is 0.108. The predicted octanol–water partition coefficient (Wildman–Crippen LogP) is 6.97. The molecule has 2 aromatic carbocycles. The highest BCUT2D eigenvalue weighted by atomic mass is 79.9. The van der Waals surface area contributed by atoms with Gasteiger partial charge in [-0.05, 0) is 60.4 Å². The van der Waals surface area contributed by atoms with Crippen LogP contribution in [0.3, 0.4) is 0 Å². The van der Waals surface area contributed by atoms with Crippen molar-refractivity contribution in [3.8, 4) is 0 Å². The number of aryl methyl sites for hydroxylation is 2. The molecule has 0 radical (unpaired) electrons. The van der Waals surface area contributed by atoms with Gasteiger partial charge in [-0.25, -0.2) is 0 Å². The highest BCUT2D eigenvalue weighted by Crippen LogP contribution is 2.39. The normalized spacial score (nSPS) is 12.5. The summed E-state index contributed by atoms with van der Waals surface area (Å²) >= 11 is 17.1. The molecule has 0 spiro atoms. The SMILES string of the molecule is Cc1cc(Cl)cc(C(Br)c2cc(Br)c(C)cc2Br)c1. The quantitative estimate of drug-likeness (QED) is 0.419. The van der Waals surface area contributed by atoms with Crippen LogP contribution in [-0.4, -0.2) is 0 Å². The highest BCUT2D eigenvalue weighted by molar-refractivity contribution is 9.11. The van der Waals surface area contributed by atoms with E-state index < -0.39 is 0 Å². The van der Waals surface area contributed by atoms with Gasteiger partial charge in [0.25, 0.3) is 0 Å². The van der Waals surface area contributed by atoms with Crippen LogP contribution in [0.2, 0.25) is 5.02 Å². The van der Waals surface area contributed by atoms with Crippen molar-refractivity contribution in [1.82, 2.24) is 0 Å². The zero-order chi connectivity index (χ0) is 14.2. The molecule has 0 heterocycles. The summed E-state index contributed by atoms with van der Waals surface area (Å²) in [6.07, 6.45) is 0. The molecule has 100 valence electrons. The summed E-state index contributed by atoms with van der Waals surface area (Å²) in [5, 5.41) is 0.766.